The quantitative estimate of drug-likeness (QED) is 0.928. The number of hydrogen-bond acceptors (Lipinski definition) is 3. The molecule has 2 rings (SSSR count). The number of nitrogens with one attached hydrogen (secondary N) is 1. The Kier molecular flexibility index (Phi) is 5.50. The van der Waals surface area contributed by atoms with E-state index in [1.807, 2.05) is 0 Å². The number of amides is 1. The first-order valence-corrected chi connectivity index (χ1v) is 7.10. The lowest BCUT2D eigenvalue weighted by Crippen LogP contribution is -2.37. The molecule has 1 aromatic carbocycles. The smallest absolute Gasteiger partial charge is 0.387 e. The van der Waals surface area contributed by atoms with E-state index < -0.39 is 6.61 Å². The van der Waals surface area contributed by atoms with Gasteiger partial charge in [-0.25, -0.2) is 0 Å². The van der Waals surface area contributed by atoms with Gasteiger partial charge in [0.15, 0.2) is 0 Å². The highest BCUT2D eigenvalue weighted by molar-refractivity contribution is 5.94. The molecule has 1 amide bonds. The molecular weight excluding hydrogens is 278 g/mol. The summed E-state index contributed by atoms with van der Waals surface area (Å²) in [5.74, 6) is -0.0339. The Morgan fingerprint density at radius 2 is 2.00 bits per heavy atom. The van der Waals surface area contributed by atoms with Gasteiger partial charge in [0.25, 0.3) is 5.91 Å². The van der Waals surface area contributed by atoms with Crippen LogP contribution in [0, 0.1) is 0 Å². The molecule has 1 heterocycles. The van der Waals surface area contributed by atoms with Crippen LogP contribution in [-0.2, 0) is 0 Å². The number of nitrogens with zero attached hydrogens (tertiary/aromatic N) is 1. The number of rotatable bonds is 4. The second-order valence-electron chi connectivity index (χ2n) is 5.15. The Bertz CT molecular complexity index is 457. The highest BCUT2D eigenvalue weighted by Gasteiger charge is 2.22. The Morgan fingerprint density at radius 1 is 1.29 bits per heavy atom. The van der Waals surface area contributed by atoms with Gasteiger partial charge in [0.2, 0.25) is 0 Å². The molecule has 0 radical (unpaired) electrons. The van der Waals surface area contributed by atoms with Gasteiger partial charge in [-0.05, 0) is 56.6 Å². The molecule has 0 saturated carbocycles. The van der Waals surface area contributed by atoms with Crippen molar-refractivity contribution < 1.29 is 18.3 Å². The summed E-state index contributed by atoms with van der Waals surface area (Å²) in [5.41, 5.74) is 0.483. The topological polar surface area (TPSA) is 41.6 Å². The average Bonchev–Trinajstić information content (AvgIpc) is 2.75. The van der Waals surface area contributed by atoms with Gasteiger partial charge < -0.3 is 15.0 Å². The van der Waals surface area contributed by atoms with Crippen molar-refractivity contribution in [1.82, 2.24) is 10.2 Å². The van der Waals surface area contributed by atoms with Crippen molar-refractivity contribution in [1.29, 1.82) is 0 Å². The van der Waals surface area contributed by atoms with Crippen molar-refractivity contribution in [2.45, 2.75) is 31.9 Å². The first-order chi connectivity index (χ1) is 10.1. The summed E-state index contributed by atoms with van der Waals surface area (Å²) in [7, 11) is 1.79. The van der Waals surface area contributed by atoms with Crippen LogP contribution in [0.25, 0.3) is 0 Å². The molecule has 0 spiro atoms. The normalized spacial score (nSPS) is 19.1. The molecule has 1 aliphatic heterocycles. The standard InChI is InChI=1S/C15H20F2N2O2/c1-19(12-3-2-9-18-10-8-12)14(20)11-4-6-13(7-5-11)21-15(16)17/h4-7,12,15,18H,2-3,8-10H2,1H3. The summed E-state index contributed by atoms with van der Waals surface area (Å²) in [6, 6.07) is 6.03. The van der Waals surface area contributed by atoms with Gasteiger partial charge in [-0.15, -0.1) is 0 Å². The second kappa shape index (κ2) is 7.36. The minimum absolute atomic E-state index is 0.0582. The van der Waals surface area contributed by atoms with Crippen LogP contribution in [0.5, 0.6) is 5.75 Å². The second-order valence-corrected chi connectivity index (χ2v) is 5.15. The van der Waals surface area contributed by atoms with E-state index in [1.54, 1.807) is 11.9 Å². The van der Waals surface area contributed by atoms with E-state index in [2.05, 4.69) is 10.1 Å². The summed E-state index contributed by atoms with van der Waals surface area (Å²) in [5, 5.41) is 3.31. The van der Waals surface area contributed by atoms with Gasteiger partial charge in [-0.3, -0.25) is 4.79 Å². The summed E-state index contributed by atoms with van der Waals surface area (Å²) >= 11 is 0. The van der Waals surface area contributed by atoms with E-state index in [-0.39, 0.29) is 17.7 Å². The minimum atomic E-state index is -2.85. The van der Waals surface area contributed by atoms with Crippen LogP contribution < -0.4 is 10.1 Å². The van der Waals surface area contributed by atoms with Gasteiger partial charge >= 0.3 is 6.61 Å². The lowest BCUT2D eigenvalue weighted by Gasteiger charge is -2.27. The highest BCUT2D eigenvalue weighted by atomic mass is 19.3. The van der Waals surface area contributed by atoms with Crippen LogP contribution in [0.15, 0.2) is 24.3 Å². The number of benzene rings is 1. The van der Waals surface area contributed by atoms with E-state index in [0.717, 1.165) is 32.4 Å². The third-order valence-electron chi connectivity index (χ3n) is 3.74. The van der Waals surface area contributed by atoms with Crippen LogP contribution in [0.1, 0.15) is 29.6 Å². The zero-order valence-electron chi connectivity index (χ0n) is 12.0. The fraction of sp³-hybridized carbons (Fsp3) is 0.533. The fourth-order valence-corrected chi connectivity index (χ4v) is 2.54. The van der Waals surface area contributed by atoms with Crippen LogP contribution in [0.3, 0.4) is 0 Å². The summed E-state index contributed by atoms with van der Waals surface area (Å²) in [6.45, 7) is -0.963. The molecule has 1 aromatic rings. The molecule has 1 saturated heterocycles. The molecule has 116 valence electrons. The number of hydrogen-bond donors (Lipinski definition) is 1. The van der Waals surface area contributed by atoms with Crippen LogP contribution in [0.4, 0.5) is 8.78 Å². The third kappa shape index (κ3) is 4.39. The Labute approximate surface area is 123 Å². The molecule has 0 bridgehead atoms. The van der Waals surface area contributed by atoms with Crippen molar-refractivity contribution >= 4 is 5.91 Å². The van der Waals surface area contributed by atoms with Crippen molar-refractivity contribution in [3.05, 3.63) is 29.8 Å². The van der Waals surface area contributed by atoms with E-state index in [1.165, 1.54) is 24.3 Å². The van der Waals surface area contributed by atoms with Crippen molar-refractivity contribution in [2.75, 3.05) is 20.1 Å². The number of halogens is 2. The first kappa shape index (κ1) is 15.7. The zero-order chi connectivity index (χ0) is 15.2. The van der Waals surface area contributed by atoms with E-state index >= 15 is 0 Å². The Balaban J connectivity index is 2.01. The maximum Gasteiger partial charge on any atom is 0.387 e. The minimum Gasteiger partial charge on any atom is -0.435 e. The predicted octanol–water partition coefficient (Wildman–Crippen LogP) is 2.50. The predicted molar refractivity (Wildman–Crippen MR) is 75.7 cm³/mol. The molecule has 0 aliphatic carbocycles. The van der Waals surface area contributed by atoms with Gasteiger partial charge in [0.1, 0.15) is 5.75 Å². The van der Waals surface area contributed by atoms with E-state index in [9.17, 15) is 13.6 Å². The molecule has 1 N–H and O–H groups in total. The SMILES string of the molecule is CN(C(=O)c1ccc(OC(F)F)cc1)C1CCCNCC1. The monoisotopic (exact) mass is 298 g/mol. The maximum absolute atomic E-state index is 12.4. The molecule has 1 fully saturated rings. The number of ether oxygens (including phenoxy) is 1. The van der Waals surface area contributed by atoms with Crippen molar-refractivity contribution in [3.63, 3.8) is 0 Å². The van der Waals surface area contributed by atoms with Crippen molar-refractivity contribution in [2.24, 2.45) is 0 Å². The fourth-order valence-electron chi connectivity index (χ4n) is 2.54. The first-order valence-electron chi connectivity index (χ1n) is 7.10. The van der Waals surface area contributed by atoms with Crippen LogP contribution >= 0.6 is 0 Å². The van der Waals surface area contributed by atoms with E-state index in [0.29, 0.717) is 5.56 Å². The molecular formula is C15H20F2N2O2. The van der Waals surface area contributed by atoms with Crippen molar-refractivity contribution in [3.8, 4) is 5.75 Å². The molecule has 21 heavy (non-hydrogen) atoms. The average molecular weight is 298 g/mol. The maximum atomic E-state index is 12.4. The zero-order valence-corrected chi connectivity index (χ0v) is 12.0. The van der Waals surface area contributed by atoms with Gasteiger partial charge in [-0.2, -0.15) is 8.78 Å². The Morgan fingerprint density at radius 3 is 2.67 bits per heavy atom. The molecule has 6 heteroatoms. The van der Waals surface area contributed by atoms with Gasteiger partial charge in [0.05, 0.1) is 0 Å². The highest BCUT2D eigenvalue weighted by Crippen LogP contribution is 2.18. The molecule has 1 atom stereocenters. The number of alkyl halides is 2. The van der Waals surface area contributed by atoms with Crippen LogP contribution in [0.2, 0.25) is 0 Å². The largest absolute Gasteiger partial charge is 0.435 e. The van der Waals surface area contributed by atoms with E-state index in [4.69, 9.17) is 0 Å². The number of carbonyl (C=O) groups excluding carboxylic acids is 1. The lowest BCUT2D eigenvalue weighted by molar-refractivity contribution is -0.0498. The Hall–Kier alpha value is -1.69. The summed E-state index contributed by atoms with van der Waals surface area (Å²) in [6.07, 6.45) is 2.94. The molecule has 0 aromatic heterocycles. The molecule has 4 nitrogen and oxygen atoms in total. The van der Waals surface area contributed by atoms with Crippen LogP contribution in [-0.4, -0.2) is 43.6 Å². The summed E-state index contributed by atoms with van der Waals surface area (Å²) in [4.78, 5) is 14.2. The van der Waals surface area contributed by atoms with Gasteiger partial charge in [-0.1, -0.05) is 0 Å². The van der Waals surface area contributed by atoms with Gasteiger partial charge in [0, 0.05) is 18.7 Å². The number of carbonyl (C=O) groups is 1. The molecule has 1 aliphatic rings. The molecule has 1 unspecified atom stereocenters. The summed E-state index contributed by atoms with van der Waals surface area (Å²) < 4.78 is 28.4. The third-order valence-corrected chi connectivity index (χ3v) is 3.74. The lowest BCUT2D eigenvalue weighted by atomic mass is 10.1.